The molecule has 1 N–H and O–H groups in total. The van der Waals surface area contributed by atoms with Crippen LogP contribution in [0.3, 0.4) is 0 Å². The van der Waals surface area contributed by atoms with Crippen LogP contribution in [0.5, 0.6) is 5.75 Å². The highest BCUT2D eigenvalue weighted by Gasteiger charge is 2.42. The number of carbonyl (C=O) groups excluding carboxylic acids is 1. The molecular formula is C16H26N2O4. The molecule has 0 aromatic carbocycles. The molecule has 22 heavy (non-hydrogen) atoms. The molecule has 1 aliphatic rings. The highest BCUT2D eigenvalue weighted by atomic mass is 16.5. The summed E-state index contributed by atoms with van der Waals surface area (Å²) < 4.78 is 16.7. The predicted octanol–water partition coefficient (Wildman–Crippen LogP) is 2.04. The first-order valence-corrected chi connectivity index (χ1v) is 7.45. The lowest BCUT2D eigenvalue weighted by Gasteiger charge is -2.52. The topological polar surface area (TPSA) is 63.9 Å². The van der Waals surface area contributed by atoms with Crippen LogP contribution in [0.1, 0.15) is 44.0 Å². The molecule has 1 aromatic rings. The summed E-state index contributed by atoms with van der Waals surface area (Å²) >= 11 is 0. The maximum absolute atomic E-state index is 11.8. The molecule has 2 heterocycles. The van der Waals surface area contributed by atoms with Gasteiger partial charge in [0.25, 0.3) is 5.91 Å². The molecule has 2 rings (SSSR count). The number of nitrogens with zero attached hydrogens (tertiary/aromatic N) is 1. The van der Waals surface area contributed by atoms with Gasteiger partial charge in [0.15, 0.2) is 5.75 Å². The van der Waals surface area contributed by atoms with Crippen molar-refractivity contribution in [3.05, 3.63) is 17.6 Å². The van der Waals surface area contributed by atoms with Gasteiger partial charge >= 0.3 is 0 Å². The van der Waals surface area contributed by atoms with Crippen LogP contribution in [0.2, 0.25) is 0 Å². The molecule has 6 nitrogen and oxygen atoms in total. The van der Waals surface area contributed by atoms with Crippen molar-refractivity contribution < 1.29 is 18.7 Å². The van der Waals surface area contributed by atoms with Gasteiger partial charge in [-0.25, -0.2) is 0 Å². The molecule has 1 saturated heterocycles. The molecule has 0 bridgehead atoms. The summed E-state index contributed by atoms with van der Waals surface area (Å²) in [6.07, 6.45) is 0. The van der Waals surface area contributed by atoms with E-state index < -0.39 is 0 Å². The van der Waals surface area contributed by atoms with Gasteiger partial charge in [-0.2, -0.15) is 0 Å². The number of carbonyl (C=O) groups is 1. The lowest BCUT2D eigenvalue weighted by molar-refractivity contribution is -0.133. The molecule has 0 spiro atoms. The number of morpholine rings is 1. The number of amides is 1. The van der Waals surface area contributed by atoms with Gasteiger partial charge in [-0.05, 0) is 27.7 Å². The standard InChI is InChI=1S/C16H26N2O4/c1-15(2)9-21-10-16(3,4)18(15)8-11-7-12(20-6)13(22-11)14(19)17-5/h7H,8-10H2,1-6H3,(H,17,19). The van der Waals surface area contributed by atoms with E-state index in [1.54, 1.807) is 13.1 Å². The van der Waals surface area contributed by atoms with E-state index >= 15 is 0 Å². The monoisotopic (exact) mass is 310 g/mol. The van der Waals surface area contributed by atoms with Crippen molar-refractivity contribution in [2.24, 2.45) is 0 Å². The van der Waals surface area contributed by atoms with Crippen LogP contribution in [0.15, 0.2) is 10.5 Å². The smallest absolute Gasteiger partial charge is 0.290 e. The van der Waals surface area contributed by atoms with E-state index in [4.69, 9.17) is 13.9 Å². The first-order chi connectivity index (χ1) is 10.2. The zero-order valence-corrected chi connectivity index (χ0v) is 14.3. The van der Waals surface area contributed by atoms with Gasteiger partial charge in [0.2, 0.25) is 5.76 Å². The average molecular weight is 310 g/mol. The Morgan fingerprint density at radius 1 is 1.32 bits per heavy atom. The Balaban J connectivity index is 2.29. The van der Waals surface area contributed by atoms with Gasteiger partial charge in [-0.15, -0.1) is 0 Å². The van der Waals surface area contributed by atoms with Gasteiger partial charge in [0, 0.05) is 24.2 Å². The van der Waals surface area contributed by atoms with Crippen molar-refractivity contribution in [3.63, 3.8) is 0 Å². The van der Waals surface area contributed by atoms with E-state index in [9.17, 15) is 4.79 Å². The number of ether oxygens (including phenoxy) is 2. The van der Waals surface area contributed by atoms with E-state index in [0.717, 1.165) is 0 Å². The maximum atomic E-state index is 11.8. The molecule has 124 valence electrons. The van der Waals surface area contributed by atoms with Crippen LogP contribution in [-0.2, 0) is 11.3 Å². The molecule has 1 amide bonds. The van der Waals surface area contributed by atoms with Crippen LogP contribution >= 0.6 is 0 Å². The van der Waals surface area contributed by atoms with Crippen LogP contribution in [0.25, 0.3) is 0 Å². The summed E-state index contributed by atoms with van der Waals surface area (Å²) in [6.45, 7) is 10.5. The molecular weight excluding hydrogens is 284 g/mol. The van der Waals surface area contributed by atoms with Crippen LogP contribution in [0.4, 0.5) is 0 Å². The zero-order valence-electron chi connectivity index (χ0n) is 14.3. The molecule has 6 heteroatoms. The van der Waals surface area contributed by atoms with Gasteiger partial charge < -0.3 is 19.2 Å². The Hall–Kier alpha value is -1.53. The predicted molar refractivity (Wildman–Crippen MR) is 83.2 cm³/mol. The number of rotatable bonds is 4. The fraction of sp³-hybridized carbons (Fsp3) is 0.688. The lowest BCUT2D eigenvalue weighted by atomic mass is 9.91. The van der Waals surface area contributed by atoms with Crippen molar-refractivity contribution in [3.8, 4) is 5.75 Å². The summed E-state index contributed by atoms with van der Waals surface area (Å²) in [5, 5.41) is 2.56. The van der Waals surface area contributed by atoms with E-state index in [0.29, 0.717) is 31.3 Å². The quantitative estimate of drug-likeness (QED) is 0.922. The summed E-state index contributed by atoms with van der Waals surface area (Å²) in [5.41, 5.74) is -0.232. The average Bonchev–Trinajstić information content (AvgIpc) is 2.85. The van der Waals surface area contributed by atoms with Gasteiger partial charge in [0.1, 0.15) is 5.76 Å². The Labute approximate surface area is 131 Å². The van der Waals surface area contributed by atoms with E-state index in [1.807, 2.05) is 0 Å². The van der Waals surface area contributed by atoms with Crippen molar-refractivity contribution in [2.75, 3.05) is 27.4 Å². The maximum Gasteiger partial charge on any atom is 0.290 e. The van der Waals surface area contributed by atoms with Gasteiger partial charge in [-0.1, -0.05) is 0 Å². The van der Waals surface area contributed by atoms with Crippen LogP contribution in [-0.4, -0.2) is 49.3 Å². The summed E-state index contributed by atoms with van der Waals surface area (Å²) in [4.78, 5) is 14.2. The van der Waals surface area contributed by atoms with Gasteiger partial charge in [-0.3, -0.25) is 9.69 Å². The first kappa shape index (κ1) is 16.8. The number of nitrogens with one attached hydrogen (secondary N) is 1. The van der Waals surface area contributed by atoms with Gasteiger partial charge in [0.05, 0.1) is 26.9 Å². The minimum absolute atomic E-state index is 0.116. The minimum atomic E-state index is -0.288. The summed E-state index contributed by atoms with van der Waals surface area (Å²) in [6, 6.07) is 1.78. The molecule has 1 aromatic heterocycles. The van der Waals surface area contributed by atoms with Crippen molar-refractivity contribution in [1.29, 1.82) is 0 Å². The molecule has 0 atom stereocenters. The Kier molecular flexibility index (Phi) is 4.54. The molecule has 0 unspecified atom stereocenters. The normalized spacial score (nSPS) is 20.6. The Bertz CT molecular complexity index is 532. The fourth-order valence-corrected chi connectivity index (χ4v) is 3.03. The molecule has 1 fully saturated rings. The van der Waals surface area contributed by atoms with Crippen molar-refractivity contribution in [2.45, 2.75) is 45.3 Å². The van der Waals surface area contributed by atoms with Crippen LogP contribution < -0.4 is 10.1 Å². The highest BCUT2D eigenvalue weighted by molar-refractivity contribution is 5.94. The lowest BCUT2D eigenvalue weighted by Crippen LogP contribution is -2.62. The molecule has 0 saturated carbocycles. The summed E-state index contributed by atoms with van der Waals surface area (Å²) in [5.74, 6) is 1.09. The third-order valence-corrected chi connectivity index (χ3v) is 4.09. The first-order valence-electron chi connectivity index (χ1n) is 7.45. The van der Waals surface area contributed by atoms with E-state index in [2.05, 4.69) is 37.9 Å². The summed E-state index contributed by atoms with van der Waals surface area (Å²) in [7, 11) is 3.10. The number of hydrogen-bond acceptors (Lipinski definition) is 5. The Morgan fingerprint density at radius 2 is 1.91 bits per heavy atom. The third kappa shape index (κ3) is 3.13. The van der Waals surface area contributed by atoms with Crippen molar-refractivity contribution in [1.82, 2.24) is 10.2 Å². The number of hydrogen-bond donors (Lipinski definition) is 1. The van der Waals surface area contributed by atoms with Crippen LogP contribution in [0, 0.1) is 0 Å². The zero-order chi connectivity index (χ0) is 16.5. The number of methoxy groups -OCH3 is 1. The highest BCUT2D eigenvalue weighted by Crippen LogP contribution is 2.34. The largest absolute Gasteiger partial charge is 0.492 e. The second kappa shape index (κ2) is 5.93. The molecule has 0 aliphatic carbocycles. The van der Waals surface area contributed by atoms with Crippen molar-refractivity contribution >= 4 is 5.91 Å². The molecule has 0 radical (unpaired) electrons. The Morgan fingerprint density at radius 3 is 2.41 bits per heavy atom. The van der Waals surface area contributed by atoms with E-state index in [-0.39, 0.29) is 22.7 Å². The SMILES string of the molecule is CNC(=O)c1oc(CN2C(C)(C)COCC2(C)C)cc1OC. The minimum Gasteiger partial charge on any atom is -0.492 e. The molecule has 1 aliphatic heterocycles. The second-order valence-corrected chi connectivity index (χ2v) is 6.89. The third-order valence-electron chi connectivity index (χ3n) is 4.09. The fourth-order valence-electron chi connectivity index (χ4n) is 3.03. The number of furan rings is 1. The van der Waals surface area contributed by atoms with E-state index in [1.165, 1.54) is 7.11 Å². The second-order valence-electron chi connectivity index (χ2n) is 6.89.